The number of halogens is 3. The number of esters is 1. The van der Waals surface area contributed by atoms with Crippen LogP contribution in [0.4, 0.5) is 0 Å². The van der Waals surface area contributed by atoms with E-state index >= 15 is 0 Å². The minimum Gasteiger partial charge on any atom is -0.481 e. The summed E-state index contributed by atoms with van der Waals surface area (Å²) in [6, 6.07) is 13.2. The molecule has 3 aromatic carbocycles. The largest absolute Gasteiger partial charge is 0.481 e. The van der Waals surface area contributed by atoms with Crippen LogP contribution in [0.25, 0.3) is 10.8 Å². The van der Waals surface area contributed by atoms with E-state index in [1.165, 1.54) is 0 Å². The van der Waals surface area contributed by atoms with Crippen molar-refractivity contribution in [3.63, 3.8) is 0 Å². The van der Waals surface area contributed by atoms with Gasteiger partial charge in [-0.25, -0.2) is 4.79 Å². The highest BCUT2D eigenvalue weighted by Crippen LogP contribution is 2.34. The van der Waals surface area contributed by atoms with Crippen LogP contribution >= 0.6 is 43.5 Å². The van der Waals surface area contributed by atoms with E-state index in [2.05, 4.69) is 31.9 Å². The fourth-order valence-corrected chi connectivity index (χ4v) is 3.71. The second-order valence-corrected chi connectivity index (χ2v) is 7.96. The Balaban J connectivity index is 1.71. The van der Waals surface area contributed by atoms with Gasteiger partial charge in [0.25, 0.3) is 0 Å². The first-order chi connectivity index (χ1) is 12.3. The molecule has 0 radical (unpaired) electrons. The van der Waals surface area contributed by atoms with Crippen LogP contribution in [0.3, 0.4) is 0 Å². The fraction of sp³-hybridized carbons (Fsp3) is 0.150. The quantitative estimate of drug-likeness (QED) is 0.300. The Morgan fingerprint density at radius 2 is 1.73 bits per heavy atom. The van der Waals surface area contributed by atoms with E-state index in [9.17, 15) is 4.79 Å². The standard InChI is InChI=1S/C20H15Br2ClO3/c1-11-7-15(8-12(2)20(11)23)26-18(24)10-25-17-6-3-13-9-14(21)4-5-16(13)19(17)22/h3-9H,10H2,1-2H3. The second kappa shape index (κ2) is 7.99. The molecule has 0 saturated heterocycles. The molecule has 3 aromatic rings. The molecule has 134 valence electrons. The number of carbonyl (C=O) groups is 1. The predicted octanol–water partition coefficient (Wildman–Crippen LogP) is 6.62. The van der Waals surface area contributed by atoms with Gasteiger partial charge in [-0.2, -0.15) is 0 Å². The first-order valence-corrected chi connectivity index (χ1v) is 9.79. The molecule has 0 unspecified atom stereocenters. The lowest BCUT2D eigenvalue weighted by atomic mass is 10.1. The maximum atomic E-state index is 12.1. The third-order valence-corrected chi connectivity index (χ3v) is 5.78. The van der Waals surface area contributed by atoms with E-state index in [-0.39, 0.29) is 6.61 Å². The van der Waals surface area contributed by atoms with Crippen molar-refractivity contribution in [2.45, 2.75) is 13.8 Å². The predicted molar refractivity (Wildman–Crippen MR) is 111 cm³/mol. The fourth-order valence-electron chi connectivity index (χ4n) is 2.62. The third-order valence-electron chi connectivity index (χ3n) is 3.87. The Kier molecular flexibility index (Phi) is 5.90. The molecule has 0 saturated carbocycles. The highest BCUT2D eigenvalue weighted by Gasteiger charge is 2.12. The Labute approximate surface area is 173 Å². The van der Waals surface area contributed by atoms with E-state index in [0.29, 0.717) is 16.5 Å². The van der Waals surface area contributed by atoms with Gasteiger partial charge in [-0.15, -0.1) is 0 Å². The van der Waals surface area contributed by atoms with E-state index in [1.54, 1.807) is 12.1 Å². The van der Waals surface area contributed by atoms with Crippen LogP contribution in [0.15, 0.2) is 51.4 Å². The number of fused-ring (bicyclic) bond motifs is 1. The van der Waals surface area contributed by atoms with Gasteiger partial charge in [-0.05, 0) is 82.0 Å². The Hall–Kier alpha value is -1.56. The van der Waals surface area contributed by atoms with Crippen molar-refractivity contribution in [1.82, 2.24) is 0 Å². The van der Waals surface area contributed by atoms with Crippen molar-refractivity contribution in [2.75, 3.05) is 6.61 Å². The number of benzene rings is 3. The first-order valence-electron chi connectivity index (χ1n) is 7.83. The van der Waals surface area contributed by atoms with Gasteiger partial charge in [0.15, 0.2) is 6.61 Å². The normalized spacial score (nSPS) is 10.8. The molecular formula is C20H15Br2ClO3. The molecule has 0 spiro atoms. The molecule has 0 aliphatic rings. The average molecular weight is 499 g/mol. The number of aryl methyl sites for hydroxylation is 2. The van der Waals surface area contributed by atoms with Crippen LogP contribution in [0.2, 0.25) is 5.02 Å². The lowest BCUT2D eigenvalue weighted by Crippen LogP contribution is -2.18. The Bertz CT molecular complexity index is 979. The molecule has 0 aliphatic heterocycles. The number of carbonyl (C=O) groups excluding carboxylic acids is 1. The molecule has 0 N–H and O–H groups in total. The number of hydrogen-bond donors (Lipinski definition) is 0. The number of ether oxygens (including phenoxy) is 2. The number of rotatable bonds is 4. The number of hydrogen-bond acceptors (Lipinski definition) is 3. The summed E-state index contributed by atoms with van der Waals surface area (Å²) < 4.78 is 12.8. The zero-order valence-electron chi connectivity index (χ0n) is 14.1. The van der Waals surface area contributed by atoms with Gasteiger partial charge in [0, 0.05) is 9.50 Å². The monoisotopic (exact) mass is 496 g/mol. The molecule has 0 heterocycles. The van der Waals surface area contributed by atoms with Crippen LogP contribution < -0.4 is 9.47 Å². The van der Waals surface area contributed by atoms with Gasteiger partial charge in [-0.1, -0.05) is 39.7 Å². The molecule has 0 bridgehead atoms. The van der Waals surface area contributed by atoms with Gasteiger partial charge in [0.2, 0.25) is 0 Å². The van der Waals surface area contributed by atoms with Gasteiger partial charge in [-0.3, -0.25) is 0 Å². The lowest BCUT2D eigenvalue weighted by Gasteiger charge is -2.11. The van der Waals surface area contributed by atoms with Gasteiger partial charge in [0.05, 0.1) is 4.47 Å². The molecule has 3 rings (SSSR count). The van der Waals surface area contributed by atoms with Crippen molar-refractivity contribution >= 4 is 60.2 Å². The minimum absolute atomic E-state index is 0.193. The van der Waals surface area contributed by atoms with Crippen LogP contribution in [0.5, 0.6) is 11.5 Å². The van der Waals surface area contributed by atoms with E-state index in [4.69, 9.17) is 21.1 Å². The van der Waals surface area contributed by atoms with Crippen LogP contribution in [0, 0.1) is 13.8 Å². The van der Waals surface area contributed by atoms with E-state index in [0.717, 1.165) is 30.8 Å². The highest BCUT2D eigenvalue weighted by molar-refractivity contribution is 9.11. The summed E-state index contributed by atoms with van der Waals surface area (Å²) in [4.78, 5) is 12.1. The van der Waals surface area contributed by atoms with Gasteiger partial charge in [0.1, 0.15) is 11.5 Å². The Morgan fingerprint density at radius 3 is 2.42 bits per heavy atom. The lowest BCUT2D eigenvalue weighted by molar-refractivity contribution is -0.136. The summed E-state index contributed by atoms with van der Waals surface area (Å²) in [7, 11) is 0. The molecular weight excluding hydrogens is 483 g/mol. The van der Waals surface area contributed by atoms with Crippen molar-refractivity contribution in [3.05, 3.63) is 67.6 Å². The van der Waals surface area contributed by atoms with Gasteiger partial charge >= 0.3 is 5.97 Å². The molecule has 26 heavy (non-hydrogen) atoms. The van der Waals surface area contributed by atoms with Crippen molar-refractivity contribution < 1.29 is 14.3 Å². The summed E-state index contributed by atoms with van der Waals surface area (Å²) in [5, 5.41) is 2.74. The van der Waals surface area contributed by atoms with Crippen molar-refractivity contribution in [2.24, 2.45) is 0 Å². The van der Waals surface area contributed by atoms with Crippen LogP contribution in [-0.2, 0) is 4.79 Å². The van der Waals surface area contributed by atoms with Gasteiger partial charge < -0.3 is 9.47 Å². The van der Waals surface area contributed by atoms with Crippen LogP contribution in [0.1, 0.15) is 11.1 Å². The molecule has 0 aromatic heterocycles. The summed E-state index contributed by atoms with van der Waals surface area (Å²) in [5.74, 6) is 0.564. The molecule has 0 aliphatic carbocycles. The summed E-state index contributed by atoms with van der Waals surface area (Å²) in [5.41, 5.74) is 1.72. The molecule has 0 fully saturated rings. The molecule has 0 atom stereocenters. The summed E-state index contributed by atoms with van der Waals surface area (Å²) in [6.45, 7) is 3.54. The first kappa shape index (κ1) is 19.2. The molecule has 3 nitrogen and oxygen atoms in total. The maximum absolute atomic E-state index is 12.1. The Morgan fingerprint density at radius 1 is 1.04 bits per heavy atom. The SMILES string of the molecule is Cc1cc(OC(=O)COc2ccc3cc(Br)ccc3c2Br)cc(C)c1Cl. The average Bonchev–Trinajstić information content (AvgIpc) is 2.59. The zero-order valence-corrected chi connectivity index (χ0v) is 18.0. The zero-order chi connectivity index (χ0) is 18.8. The smallest absolute Gasteiger partial charge is 0.349 e. The maximum Gasteiger partial charge on any atom is 0.349 e. The van der Waals surface area contributed by atoms with E-state index in [1.807, 2.05) is 44.2 Å². The van der Waals surface area contributed by atoms with Crippen LogP contribution in [-0.4, -0.2) is 12.6 Å². The van der Waals surface area contributed by atoms with Crippen molar-refractivity contribution in [3.8, 4) is 11.5 Å². The van der Waals surface area contributed by atoms with E-state index < -0.39 is 5.97 Å². The second-order valence-electron chi connectivity index (χ2n) is 5.88. The molecule has 6 heteroatoms. The highest BCUT2D eigenvalue weighted by atomic mass is 79.9. The third kappa shape index (κ3) is 4.22. The minimum atomic E-state index is -0.478. The summed E-state index contributed by atoms with van der Waals surface area (Å²) in [6.07, 6.45) is 0. The summed E-state index contributed by atoms with van der Waals surface area (Å²) >= 11 is 13.1. The molecule has 0 amide bonds. The topological polar surface area (TPSA) is 35.5 Å². The van der Waals surface area contributed by atoms with Crippen molar-refractivity contribution in [1.29, 1.82) is 0 Å².